The minimum atomic E-state index is -2.70. The summed E-state index contributed by atoms with van der Waals surface area (Å²) in [5, 5.41) is 0. The molecule has 0 aliphatic heterocycles. The van der Waals surface area contributed by atoms with E-state index in [4.69, 9.17) is 13.3 Å². The maximum absolute atomic E-state index is 12.3. The minimum Gasteiger partial charge on any atom is -0.377 e. The van der Waals surface area contributed by atoms with E-state index in [1.54, 1.807) is 0 Å². The number of halogens is 1. The molecule has 0 fully saturated rings. The van der Waals surface area contributed by atoms with Crippen molar-refractivity contribution in [2.24, 2.45) is 0 Å². The number of hydrogen-bond acceptors (Lipinski definition) is 3. The second kappa shape index (κ2) is 14.4. The fraction of sp³-hybridized carbons (Fsp3) is 1.00. The quantitative estimate of drug-likeness (QED) is 0.356. The lowest BCUT2D eigenvalue weighted by atomic mass is 10.1. The minimum absolute atomic E-state index is 0. The normalized spacial score (nSPS) is 11.4. The molecule has 0 bridgehead atoms. The molecule has 0 spiro atoms. The molecule has 0 aliphatic carbocycles. The second-order valence-electron chi connectivity index (χ2n) is 4.57. The molecule has 0 N–H and O–H groups in total. The Bertz CT molecular complexity index is 178. The molecule has 0 rings (SSSR count). The summed E-state index contributed by atoms with van der Waals surface area (Å²) in [4.78, 5) is 0. The van der Waals surface area contributed by atoms with Crippen LogP contribution in [0.15, 0.2) is 0 Å². The van der Waals surface area contributed by atoms with Crippen LogP contribution in [0.2, 0.25) is 6.04 Å². The molecule has 5 heteroatoms. The summed E-state index contributed by atoms with van der Waals surface area (Å²) in [5.41, 5.74) is 0. The van der Waals surface area contributed by atoms with Gasteiger partial charge in [-0.3, -0.25) is 0 Å². The molecule has 0 aromatic carbocycles. The molecule has 0 saturated carbocycles. The standard InChI is InChI=1S/C13H29FO3Si.CH4/c1-4-5-6-7-8-9-10-11-12-18(15-2,16-3)17-13-14;/h4-13H2,1-3H3;1H4. The van der Waals surface area contributed by atoms with Crippen molar-refractivity contribution >= 4 is 8.80 Å². The number of alkyl halides is 1. The molecular weight excluding hydrogens is 263 g/mol. The largest absolute Gasteiger partial charge is 0.502 e. The van der Waals surface area contributed by atoms with Crippen LogP contribution in [0.5, 0.6) is 0 Å². The first-order valence-electron chi connectivity index (χ1n) is 7.05. The molecule has 0 aromatic rings. The molecule has 0 saturated heterocycles. The molecule has 0 atom stereocenters. The van der Waals surface area contributed by atoms with Crippen LogP contribution in [0.25, 0.3) is 0 Å². The Morgan fingerprint density at radius 3 is 1.74 bits per heavy atom. The van der Waals surface area contributed by atoms with Gasteiger partial charge in [-0.2, -0.15) is 0 Å². The predicted octanol–water partition coefficient (Wildman–Crippen LogP) is 4.94. The van der Waals surface area contributed by atoms with Crippen LogP contribution in [-0.2, 0) is 13.3 Å². The van der Waals surface area contributed by atoms with Crippen molar-refractivity contribution in [3.8, 4) is 0 Å². The zero-order valence-corrected chi connectivity index (χ0v) is 13.2. The number of hydrogen-bond donors (Lipinski definition) is 0. The Hall–Kier alpha value is 0.0269. The predicted molar refractivity (Wildman–Crippen MR) is 81.0 cm³/mol. The third-order valence-corrected chi connectivity index (χ3v) is 5.99. The summed E-state index contributed by atoms with van der Waals surface area (Å²) in [6.07, 6.45) is 9.95. The Labute approximate surface area is 120 Å². The first-order chi connectivity index (χ1) is 8.74. The van der Waals surface area contributed by atoms with Crippen LogP contribution < -0.4 is 0 Å². The first-order valence-corrected chi connectivity index (χ1v) is 8.98. The molecule has 0 aromatic heterocycles. The first kappa shape index (κ1) is 21.3. The summed E-state index contributed by atoms with van der Waals surface area (Å²) < 4.78 is 27.8. The van der Waals surface area contributed by atoms with Crippen LogP contribution in [0.1, 0.15) is 65.7 Å². The average Bonchev–Trinajstić information content (AvgIpc) is 2.40. The smallest absolute Gasteiger partial charge is 0.377 e. The fourth-order valence-corrected chi connectivity index (χ4v) is 3.84. The van der Waals surface area contributed by atoms with Crippen molar-refractivity contribution in [1.82, 2.24) is 0 Å². The van der Waals surface area contributed by atoms with Crippen molar-refractivity contribution in [3.05, 3.63) is 0 Å². The molecule has 0 radical (unpaired) electrons. The third kappa shape index (κ3) is 10.5. The molecule has 0 aliphatic rings. The van der Waals surface area contributed by atoms with Crippen molar-refractivity contribution in [2.75, 3.05) is 21.1 Å². The van der Waals surface area contributed by atoms with Gasteiger partial charge in [0.05, 0.1) is 0 Å². The Balaban J connectivity index is 0. The molecule has 118 valence electrons. The van der Waals surface area contributed by atoms with Gasteiger partial charge in [0.15, 0.2) is 6.86 Å². The lowest BCUT2D eigenvalue weighted by Crippen LogP contribution is -2.43. The second-order valence-corrected chi connectivity index (χ2v) is 7.54. The van der Waals surface area contributed by atoms with E-state index in [1.807, 2.05) is 0 Å². The Kier molecular flexibility index (Phi) is 16.2. The lowest BCUT2D eigenvalue weighted by molar-refractivity contribution is 0.0572. The van der Waals surface area contributed by atoms with E-state index in [0.717, 1.165) is 12.8 Å². The van der Waals surface area contributed by atoms with Crippen LogP contribution in [0.4, 0.5) is 4.39 Å². The maximum Gasteiger partial charge on any atom is 0.502 e. The third-order valence-electron chi connectivity index (χ3n) is 3.23. The van der Waals surface area contributed by atoms with E-state index in [9.17, 15) is 4.39 Å². The van der Waals surface area contributed by atoms with Gasteiger partial charge in [0.25, 0.3) is 0 Å². The van der Waals surface area contributed by atoms with Crippen molar-refractivity contribution in [2.45, 2.75) is 71.8 Å². The molecule has 0 unspecified atom stereocenters. The van der Waals surface area contributed by atoms with Crippen LogP contribution >= 0.6 is 0 Å². The highest BCUT2D eigenvalue weighted by Crippen LogP contribution is 2.19. The maximum atomic E-state index is 12.3. The van der Waals surface area contributed by atoms with Gasteiger partial charge in [-0.25, -0.2) is 4.39 Å². The van der Waals surface area contributed by atoms with Crippen LogP contribution in [0.3, 0.4) is 0 Å². The van der Waals surface area contributed by atoms with Gasteiger partial charge in [-0.15, -0.1) is 0 Å². The van der Waals surface area contributed by atoms with E-state index < -0.39 is 15.7 Å². The monoisotopic (exact) mass is 296 g/mol. The summed E-state index contributed by atoms with van der Waals surface area (Å²) in [6.45, 7) is 1.40. The summed E-state index contributed by atoms with van der Waals surface area (Å²) >= 11 is 0. The van der Waals surface area contributed by atoms with Crippen molar-refractivity contribution in [1.29, 1.82) is 0 Å². The van der Waals surface area contributed by atoms with E-state index in [-0.39, 0.29) is 7.43 Å². The molecule has 3 nitrogen and oxygen atoms in total. The molecular formula is C14H33FO3Si. The highest BCUT2D eigenvalue weighted by atomic mass is 28.4. The van der Waals surface area contributed by atoms with Gasteiger partial charge in [0.1, 0.15) is 0 Å². The zero-order valence-electron chi connectivity index (χ0n) is 12.2. The Morgan fingerprint density at radius 1 is 0.842 bits per heavy atom. The summed E-state index contributed by atoms with van der Waals surface area (Å²) in [7, 11) is 0.376. The highest BCUT2D eigenvalue weighted by Gasteiger charge is 2.38. The van der Waals surface area contributed by atoms with Gasteiger partial charge in [-0.1, -0.05) is 59.3 Å². The zero-order chi connectivity index (χ0) is 13.7. The van der Waals surface area contributed by atoms with Gasteiger partial charge < -0.3 is 13.3 Å². The van der Waals surface area contributed by atoms with Crippen molar-refractivity contribution < 1.29 is 17.7 Å². The topological polar surface area (TPSA) is 27.7 Å². The van der Waals surface area contributed by atoms with E-state index in [2.05, 4.69) is 6.92 Å². The SMILES string of the molecule is C.CCCCCCCCCC[Si](OC)(OC)OCF. The fourth-order valence-electron chi connectivity index (χ4n) is 2.04. The molecule has 0 amide bonds. The number of unbranched alkanes of at least 4 members (excludes halogenated alkanes) is 7. The van der Waals surface area contributed by atoms with Crippen LogP contribution in [-0.4, -0.2) is 29.9 Å². The van der Waals surface area contributed by atoms with Crippen LogP contribution in [0, 0.1) is 0 Å². The highest BCUT2D eigenvalue weighted by molar-refractivity contribution is 6.60. The molecule has 0 heterocycles. The molecule has 19 heavy (non-hydrogen) atoms. The van der Waals surface area contributed by atoms with Gasteiger partial charge in [0, 0.05) is 20.3 Å². The van der Waals surface area contributed by atoms with Gasteiger partial charge in [-0.05, 0) is 6.42 Å². The summed E-state index contributed by atoms with van der Waals surface area (Å²) in [6, 6.07) is 0.707. The number of rotatable bonds is 13. The van der Waals surface area contributed by atoms with E-state index >= 15 is 0 Å². The van der Waals surface area contributed by atoms with Gasteiger partial charge >= 0.3 is 8.80 Å². The van der Waals surface area contributed by atoms with Crippen molar-refractivity contribution in [3.63, 3.8) is 0 Å². The Morgan fingerprint density at radius 2 is 1.32 bits per heavy atom. The lowest BCUT2D eigenvalue weighted by Gasteiger charge is -2.24. The summed E-state index contributed by atoms with van der Waals surface area (Å²) in [5.74, 6) is 0. The van der Waals surface area contributed by atoms with Gasteiger partial charge in [0.2, 0.25) is 0 Å². The average molecular weight is 296 g/mol. The van der Waals surface area contributed by atoms with E-state index in [0.29, 0.717) is 6.04 Å². The van der Waals surface area contributed by atoms with E-state index in [1.165, 1.54) is 52.7 Å².